The molecule has 0 spiro atoms. The highest BCUT2D eigenvalue weighted by Gasteiger charge is 2.24. The maximum atomic E-state index is 11.3. The van der Waals surface area contributed by atoms with Crippen molar-refractivity contribution in [2.45, 2.75) is 11.0 Å². The van der Waals surface area contributed by atoms with Gasteiger partial charge in [-0.25, -0.2) is 0 Å². The third-order valence-electron chi connectivity index (χ3n) is 0.935. The fourth-order valence-electron chi connectivity index (χ4n) is 0.313. The van der Waals surface area contributed by atoms with Gasteiger partial charge in [-0.1, -0.05) is 22.6 Å². The maximum Gasteiger partial charge on any atom is 0.294 e. The Balaban J connectivity index is 4.58. The predicted octanol–water partition coefficient (Wildman–Crippen LogP) is 1.39. The van der Waals surface area contributed by atoms with Crippen LogP contribution in [-0.4, -0.2) is 26.1 Å². The Morgan fingerprint density at radius 2 is 1.91 bits per heavy atom. The number of nitrogens with zero attached hydrogens (tertiary/aromatic N) is 2. The maximum absolute atomic E-state index is 11.3. The van der Waals surface area contributed by atoms with E-state index in [1.807, 2.05) is 22.6 Å². The normalized spacial score (nSPS) is 15.9. The minimum absolute atomic E-state index is 0.0696. The molecule has 8 heteroatoms. The van der Waals surface area contributed by atoms with E-state index in [9.17, 15) is 8.42 Å². The zero-order valence-corrected chi connectivity index (χ0v) is 12.3. The van der Waals surface area contributed by atoms with Crippen molar-refractivity contribution in [1.29, 1.82) is 0 Å². The number of halogens is 2. The van der Waals surface area contributed by atoms with Crippen molar-refractivity contribution in [3.05, 3.63) is 0 Å². The van der Waals surface area contributed by atoms with Gasteiger partial charge in [0.15, 0.2) is 0 Å². The zero-order valence-electron chi connectivity index (χ0n) is 6.03. The Morgan fingerprint density at radius 1 is 1.55 bits per heavy atom. The molecule has 0 N–H and O–H groups in total. The van der Waals surface area contributed by atoms with Gasteiger partial charge in [0.25, 0.3) is 10.2 Å². The van der Waals surface area contributed by atoms with Crippen LogP contribution in [0, 0.1) is 0 Å². The largest absolute Gasteiger partial charge is 0.294 e. The van der Waals surface area contributed by atoms with Crippen molar-refractivity contribution in [3.8, 4) is 0 Å². The Bertz CT molecular complexity index is 217. The first-order valence-electron chi connectivity index (χ1n) is 2.63. The van der Waals surface area contributed by atoms with Crippen LogP contribution in [-0.2, 0) is 10.2 Å². The molecule has 11 heavy (non-hydrogen) atoms. The van der Waals surface area contributed by atoms with E-state index < -0.39 is 10.2 Å². The highest BCUT2D eigenvalue weighted by molar-refractivity contribution is 14.1. The van der Waals surface area contributed by atoms with Gasteiger partial charge in [-0.3, -0.25) is 0 Å². The van der Waals surface area contributed by atoms with Gasteiger partial charge in [-0.15, -0.1) is 2.52 Å². The van der Waals surface area contributed by atoms with Crippen LogP contribution in [0.15, 0.2) is 0 Å². The number of rotatable bonds is 3. The second-order valence-electron chi connectivity index (χ2n) is 1.80. The SMILES string of the molecule is CC(I)N(P)S(=O)(=O)N(C)I. The highest BCUT2D eigenvalue weighted by Crippen LogP contribution is 2.21. The molecule has 0 aliphatic rings. The van der Waals surface area contributed by atoms with Gasteiger partial charge in [-0.2, -0.15) is 12.5 Å². The van der Waals surface area contributed by atoms with Gasteiger partial charge >= 0.3 is 0 Å². The number of hydrogen-bond acceptors (Lipinski definition) is 2. The summed E-state index contributed by atoms with van der Waals surface area (Å²) in [6.45, 7) is 1.80. The smallest absolute Gasteiger partial charge is 0.194 e. The van der Waals surface area contributed by atoms with Gasteiger partial charge in [0.2, 0.25) is 0 Å². The van der Waals surface area contributed by atoms with Crippen LogP contribution in [0.25, 0.3) is 0 Å². The molecule has 0 aromatic heterocycles. The second-order valence-corrected chi connectivity index (χ2v) is 8.50. The predicted molar refractivity (Wildman–Crippen MR) is 65.7 cm³/mol. The molecular weight excluding hydrogens is 413 g/mol. The molecule has 0 aliphatic heterocycles. The van der Waals surface area contributed by atoms with E-state index in [1.165, 1.54) is 11.1 Å². The zero-order chi connectivity index (χ0) is 9.23. The van der Waals surface area contributed by atoms with E-state index in [-0.39, 0.29) is 4.05 Å². The molecule has 0 saturated heterocycles. The summed E-state index contributed by atoms with van der Waals surface area (Å²) >= 11 is 3.74. The van der Waals surface area contributed by atoms with Crippen molar-refractivity contribution in [3.63, 3.8) is 0 Å². The summed E-state index contributed by atoms with van der Waals surface area (Å²) in [5.74, 6) is 0. The van der Waals surface area contributed by atoms with Crippen LogP contribution in [0.3, 0.4) is 0 Å². The molecule has 0 rings (SSSR count). The van der Waals surface area contributed by atoms with Gasteiger partial charge in [0.1, 0.15) is 0 Å². The Labute approximate surface area is 97.2 Å². The van der Waals surface area contributed by atoms with Crippen LogP contribution >= 0.6 is 54.8 Å². The fourth-order valence-corrected chi connectivity index (χ4v) is 3.41. The molecule has 0 saturated carbocycles. The average molecular weight is 422 g/mol. The molecule has 0 radical (unpaired) electrons. The summed E-state index contributed by atoms with van der Waals surface area (Å²) in [4.78, 5) is 0. The Morgan fingerprint density at radius 3 is 2.00 bits per heavy atom. The van der Waals surface area contributed by atoms with Crippen LogP contribution in [0.5, 0.6) is 0 Å². The van der Waals surface area contributed by atoms with Gasteiger partial charge in [0.05, 0.1) is 4.05 Å². The van der Waals surface area contributed by atoms with E-state index in [4.69, 9.17) is 0 Å². The monoisotopic (exact) mass is 422 g/mol. The van der Waals surface area contributed by atoms with Gasteiger partial charge < -0.3 is 0 Å². The molecule has 0 heterocycles. The highest BCUT2D eigenvalue weighted by atomic mass is 127. The summed E-state index contributed by atoms with van der Waals surface area (Å²) in [6, 6.07) is 0. The first-order valence-corrected chi connectivity index (χ1v) is 6.75. The third kappa shape index (κ3) is 3.55. The molecule has 2 unspecified atom stereocenters. The molecule has 0 aromatic rings. The second kappa shape index (κ2) is 4.85. The summed E-state index contributed by atoms with van der Waals surface area (Å²) in [5.41, 5.74) is 0. The first kappa shape index (κ1) is 12.8. The van der Waals surface area contributed by atoms with Crippen molar-refractivity contribution in [1.82, 2.24) is 6.59 Å². The number of hydrogen-bond donors (Lipinski definition) is 0. The van der Waals surface area contributed by atoms with E-state index in [0.717, 1.165) is 2.52 Å². The molecule has 68 valence electrons. The first-order chi connectivity index (χ1) is 4.80. The molecule has 0 bridgehead atoms. The summed E-state index contributed by atoms with van der Waals surface area (Å²) in [7, 11) is 0.403. The van der Waals surface area contributed by atoms with E-state index in [0.29, 0.717) is 0 Å². The standard InChI is InChI=1S/C3H9I2N2O2PS/c1-3(4)7(10)11(8,9)6(2)5/h3H,10H2,1-2H3. The van der Waals surface area contributed by atoms with Crippen LogP contribution < -0.4 is 0 Å². The van der Waals surface area contributed by atoms with Crippen molar-refractivity contribution in [2.24, 2.45) is 0 Å². The quantitative estimate of drug-likeness (QED) is 0.227. The lowest BCUT2D eigenvalue weighted by molar-refractivity contribution is 0.517. The van der Waals surface area contributed by atoms with Crippen LogP contribution in [0.1, 0.15) is 6.92 Å². The lowest BCUT2D eigenvalue weighted by Crippen LogP contribution is -2.33. The fraction of sp³-hybridized carbons (Fsp3) is 1.00. The molecule has 0 amide bonds. The summed E-state index contributed by atoms with van der Waals surface area (Å²) < 4.78 is 24.9. The molecule has 0 aliphatic carbocycles. The molecule has 2 atom stereocenters. The topological polar surface area (TPSA) is 40.6 Å². The lowest BCUT2D eigenvalue weighted by Gasteiger charge is -2.21. The Kier molecular flexibility index (Phi) is 5.62. The van der Waals surface area contributed by atoms with Crippen molar-refractivity contribution in [2.75, 3.05) is 7.05 Å². The van der Waals surface area contributed by atoms with Crippen LogP contribution in [0.2, 0.25) is 0 Å². The minimum Gasteiger partial charge on any atom is -0.194 e. The summed E-state index contributed by atoms with van der Waals surface area (Å²) in [5, 5.41) is 0. The van der Waals surface area contributed by atoms with E-state index >= 15 is 0 Å². The lowest BCUT2D eigenvalue weighted by atomic mass is 10.8. The molecule has 0 fully saturated rings. The minimum atomic E-state index is -3.27. The molecular formula is C3H9I2N2O2PS. The van der Waals surface area contributed by atoms with Crippen molar-refractivity contribution < 1.29 is 8.42 Å². The van der Waals surface area contributed by atoms with Crippen LogP contribution in [0.4, 0.5) is 0 Å². The molecule has 4 nitrogen and oxygen atoms in total. The number of alkyl halides is 1. The van der Waals surface area contributed by atoms with Gasteiger partial charge in [0, 0.05) is 29.9 Å². The van der Waals surface area contributed by atoms with E-state index in [2.05, 4.69) is 9.39 Å². The average Bonchev–Trinajstić information content (AvgIpc) is 1.85. The third-order valence-corrected chi connectivity index (χ3v) is 6.74. The van der Waals surface area contributed by atoms with Crippen molar-refractivity contribution >= 4 is 65.1 Å². The van der Waals surface area contributed by atoms with Gasteiger partial charge in [-0.05, 0) is 16.3 Å². The van der Waals surface area contributed by atoms with E-state index in [1.54, 1.807) is 29.8 Å². The summed E-state index contributed by atoms with van der Waals surface area (Å²) in [6.07, 6.45) is 0. The molecule has 0 aromatic carbocycles. The Hall–Kier alpha value is 1.76.